The van der Waals surface area contributed by atoms with Crippen molar-refractivity contribution in [1.29, 1.82) is 0 Å². The lowest BCUT2D eigenvalue weighted by Gasteiger charge is -2.14. The van der Waals surface area contributed by atoms with Crippen LogP contribution in [0.15, 0.2) is 42.5 Å². The fraction of sp³-hybridized carbons (Fsp3) is 0.200. The van der Waals surface area contributed by atoms with E-state index in [-0.39, 0.29) is 6.79 Å². The third-order valence-electron chi connectivity index (χ3n) is 3.89. The normalized spacial score (nSPS) is 13.2. The summed E-state index contributed by atoms with van der Waals surface area (Å²) in [6.45, 7) is 1.58. The average molecular weight is 404 g/mol. The molecule has 1 atom stereocenters. The number of carbonyl (C=O) groups is 2. The van der Waals surface area contributed by atoms with Crippen LogP contribution in [-0.4, -0.2) is 31.9 Å². The van der Waals surface area contributed by atoms with Gasteiger partial charge in [-0.25, -0.2) is 4.79 Å². The summed E-state index contributed by atoms with van der Waals surface area (Å²) in [5, 5.41) is 3.04. The van der Waals surface area contributed by atoms with Crippen LogP contribution in [0.1, 0.15) is 12.5 Å². The number of esters is 1. The molecule has 0 aromatic heterocycles. The molecular weight excluding hydrogens is 386 g/mol. The number of benzene rings is 2. The molecule has 1 N–H and O–H groups in total. The van der Waals surface area contributed by atoms with Crippen molar-refractivity contribution in [3.05, 3.63) is 53.1 Å². The van der Waals surface area contributed by atoms with Crippen molar-refractivity contribution < 1.29 is 28.5 Å². The van der Waals surface area contributed by atoms with E-state index < -0.39 is 18.0 Å². The molecule has 0 saturated heterocycles. The topological polar surface area (TPSA) is 83.1 Å². The van der Waals surface area contributed by atoms with Gasteiger partial charge in [0.2, 0.25) is 6.79 Å². The minimum atomic E-state index is -0.998. The fourth-order valence-corrected chi connectivity index (χ4v) is 2.77. The van der Waals surface area contributed by atoms with Crippen LogP contribution in [0.5, 0.6) is 17.2 Å². The molecule has 28 heavy (non-hydrogen) atoms. The number of fused-ring (bicyclic) bond motifs is 1. The van der Waals surface area contributed by atoms with Gasteiger partial charge in [-0.05, 0) is 42.8 Å². The Hall–Kier alpha value is -3.19. The van der Waals surface area contributed by atoms with Gasteiger partial charge in [-0.15, -0.1) is 0 Å². The Bertz CT molecular complexity index is 927. The zero-order valence-electron chi connectivity index (χ0n) is 15.2. The molecule has 0 radical (unpaired) electrons. The second-order valence-corrected chi connectivity index (χ2v) is 6.25. The van der Waals surface area contributed by atoms with Crippen molar-refractivity contribution in [2.45, 2.75) is 13.0 Å². The maximum atomic E-state index is 12.2. The van der Waals surface area contributed by atoms with Crippen LogP contribution >= 0.6 is 11.6 Å². The van der Waals surface area contributed by atoms with E-state index in [2.05, 4.69) is 5.32 Å². The number of halogens is 1. The number of hydrogen-bond donors (Lipinski definition) is 1. The van der Waals surface area contributed by atoms with Gasteiger partial charge in [-0.2, -0.15) is 0 Å². The maximum absolute atomic E-state index is 12.2. The smallest absolute Gasteiger partial charge is 0.331 e. The second kappa shape index (κ2) is 8.67. The monoisotopic (exact) mass is 403 g/mol. The Morgan fingerprint density at radius 3 is 2.82 bits per heavy atom. The predicted molar refractivity (Wildman–Crippen MR) is 104 cm³/mol. The van der Waals surface area contributed by atoms with Gasteiger partial charge in [-0.3, -0.25) is 4.79 Å². The molecule has 146 valence electrons. The lowest BCUT2D eigenvalue weighted by atomic mass is 10.2. The number of carbonyl (C=O) groups excluding carboxylic acids is 2. The van der Waals surface area contributed by atoms with Crippen molar-refractivity contribution in [3.63, 3.8) is 0 Å². The second-order valence-electron chi connectivity index (χ2n) is 5.84. The number of ether oxygens (including phenoxy) is 4. The van der Waals surface area contributed by atoms with E-state index in [1.165, 1.54) is 26.2 Å². The molecule has 0 aliphatic carbocycles. The zero-order chi connectivity index (χ0) is 20.1. The summed E-state index contributed by atoms with van der Waals surface area (Å²) in [7, 11) is 1.50. The molecule has 2 aromatic rings. The highest BCUT2D eigenvalue weighted by atomic mass is 35.5. The largest absolute Gasteiger partial charge is 0.495 e. The van der Waals surface area contributed by atoms with Crippen LogP contribution in [0.4, 0.5) is 5.69 Å². The standard InChI is InChI=1S/C20H18ClNO6/c1-12(20(24)22-15-5-3-4-6-16(15)25-2)28-18(23)8-7-13-9-14(21)19-17(10-13)26-11-27-19/h3-10,12H,11H2,1-2H3,(H,22,24)/b8-7+/t12-/m1/s1. The van der Waals surface area contributed by atoms with E-state index in [1.807, 2.05) is 0 Å². The minimum Gasteiger partial charge on any atom is -0.495 e. The summed E-state index contributed by atoms with van der Waals surface area (Å²) >= 11 is 6.10. The summed E-state index contributed by atoms with van der Waals surface area (Å²) in [6.07, 6.45) is 1.73. The van der Waals surface area contributed by atoms with Gasteiger partial charge >= 0.3 is 5.97 Å². The van der Waals surface area contributed by atoms with Crippen molar-refractivity contribution in [3.8, 4) is 17.2 Å². The lowest BCUT2D eigenvalue weighted by Crippen LogP contribution is -2.29. The third-order valence-corrected chi connectivity index (χ3v) is 4.17. The Balaban J connectivity index is 1.59. The van der Waals surface area contributed by atoms with E-state index >= 15 is 0 Å². The first kappa shape index (κ1) is 19.6. The Kier molecular flexibility index (Phi) is 6.06. The molecule has 3 rings (SSSR count). The predicted octanol–water partition coefficient (Wildman–Crippen LogP) is 3.66. The molecule has 0 spiro atoms. The summed E-state index contributed by atoms with van der Waals surface area (Å²) in [6, 6.07) is 10.3. The van der Waals surface area contributed by atoms with Crippen molar-refractivity contribution >= 4 is 35.2 Å². The van der Waals surface area contributed by atoms with Crippen molar-refractivity contribution in [1.82, 2.24) is 0 Å². The van der Waals surface area contributed by atoms with E-state index in [0.717, 1.165) is 0 Å². The minimum absolute atomic E-state index is 0.100. The molecule has 1 aliphatic heterocycles. The van der Waals surface area contributed by atoms with Crippen LogP contribution in [0, 0.1) is 0 Å². The molecule has 0 bridgehead atoms. The number of nitrogens with one attached hydrogen (secondary N) is 1. The molecule has 1 heterocycles. The van der Waals surface area contributed by atoms with Gasteiger partial charge in [0.15, 0.2) is 17.6 Å². The summed E-state index contributed by atoms with van der Waals surface area (Å²) in [5.74, 6) is 0.343. The van der Waals surface area contributed by atoms with Gasteiger partial charge in [0.25, 0.3) is 5.91 Å². The SMILES string of the molecule is COc1ccccc1NC(=O)[C@@H](C)OC(=O)/C=C/c1cc(Cl)c2c(c1)OCO2. The zero-order valence-corrected chi connectivity index (χ0v) is 16.0. The van der Waals surface area contributed by atoms with Gasteiger partial charge in [0.05, 0.1) is 17.8 Å². The number of para-hydroxylation sites is 2. The van der Waals surface area contributed by atoms with Crippen LogP contribution in [-0.2, 0) is 14.3 Å². The summed E-state index contributed by atoms with van der Waals surface area (Å²) < 4.78 is 20.8. The quantitative estimate of drug-likeness (QED) is 0.585. The Morgan fingerprint density at radius 2 is 2.04 bits per heavy atom. The van der Waals surface area contributed by atoms with E-state index in [9.17, 15) is 9.59 Å². The molecule has 0 saturated carbocycles. The van der Waals surface area contributed by atoms with Crippen LogP contribution < -0.4 is 19.5 Å². The molecule has 0 unspecified atom stereocenters. The van der Waals surface area contributed by atoms with Crippen molar-refractivity contribution in [2.24, 2.45) is 0 Å². The first-order chi connectivity index (χ1) is 13.5. The van der Waals surface area contributed by atoms with E-state index in [0.29, 0.717) is 33.5 Å². The number of hydrogen-bond acceptors (Lipinski definition) is 6. The molecular formula is C20H18ClNO6. The average Bonchev–Trinajstić information content (AvgIpc) is 3.16. The number of amides is 1. The Labute approximate surface area is 166 Å². The molecule has 2 aromatic carbocycles. The number of anilines is 1. The maximum Gasteiger partial charge on any atom is 0.331 e. The highest BCUT2D eigenvalue weighted by Crippen LogP contribution is 2.40. The number of rotatable bonds is 6. The van der Waals surface area contributed by atoms with Gasteiger partial charge in [0.1, 0.15) is 5.75 Å². The van der Waals surface area contributed by atoms with Gasteiger partial charge < -0.3 is 24.3 Å². The van der Waals surface area contributed by atoms with Crippen LogP contribution in [0.3, 0.4) is 0 Å². The van der Waals surface area contributed by atoms with E-state index in [1.54, 1.807) is 36.4 Å². The van der Waals surface area contributed by atoms with Gasteiger partial charge in [0, 0.05) is 6.08 Å². The summed E-state index contributed by atoms with van der Waals surface area (Å²) in [5.41, 5.74) is 1.13. The molecule has 7 nitrogen and oxygen atoms in total. The molecule has 8 heteroatoms. The third kappa shape index (κ3) is 4.55. The van der Waals surface area contributed by atoms with Gasteiger partial charge in [-0.1, -0.05) is 23.7 Å². The molecule has 1 amide bonds. The molecule has 0 fully saturated rings. The first-order valence-electron chi connectivity index (χ1n) is 8.39. The molecule has 1 aliphatic rings. The lowest BCUT2D eigenvalue weighted by molar-refractivity contribution is -0.148. The van der Waals surface area contributed by atoms with Crippen LogP contribution in [0.2, 0.25) is 5.02 Å². The van der Waals surface area contributed by atoms with Crippen LogP contribution in [0.25, 0.3) is 6.08 Å². The first-order valence-corrected chi connectivity index (χ1v) is 8.77. The highest BCUT2D eigenvalue weighted by molar-refractivity contribution is 6.32. The van der Waals surface area contributed by atoms with Crippen molar-refractivity contribution in [2.75, 3.05) is 19.2 Å². The summed E-state index contributed by atoms with van der Waals surface area (Å²) in [4.78, 5) is 24.3. The highest BCUT2D eigenvalue weighted by Gasteiger charge is 2.19. The number of methoxy groups -OCH3 is 1. The fourth-order valence-electron chi connectivity index (χ4n) is 2.50. The van der Waals surface area contributed by atoms with E-state index in [4.69, 9.17) is 30.5 Å². The Morgan fingerprint density at radius 1 is 1.25 bits per heavy atom.